The molecule has 86 valence electrons. The van der Waals surface area contributed by atoms with Gasteiger partial charge in [-0.1, -0.05) is 6.07 Å². The van der Waals surface area contributed by atoms with Crippen LogP contribution in [0.5, 0.6) is 0 Å². The predicted octanol–water partition coefficient (Wildman–Crippen LogP) is 2.50. The van der Waals surface area contributed by atoms with Gasteiger partial charge in [-0.25, -0.2) is 9.37 Å². The van der Waals surface area contributed by atoms with Crippen molar-refractivity contribution in [3.8, 4) is 0 Å². The molecule has 0 radical (unpaired) electrons. The van der Waals surface area contributed by atoms with Crippen molar-refractivity contribution in [1.82, 2.24) is 4.98 Å². The van der Waals surface area contributed by atoms with Crippen molar-refractivity contribution >= 4 is 17.2 Å². The van der Waals surface area contributed by atoms with Gasteiger partial charge in [-0.3, -0.25) is 0 Å². The summed E-state index contributed by atoms with van der Waals surface area (Å²) in [6, 6.07) is 8.62. The molecule has 1 aromatic carbocycles. The summed E-state index contributed by atoms with van der Waals surface area (Å²) in [5.74, 6) is 0.253. The number of benzene rings is 1. The Morgan fingerprint density at radius 3 is 2.94 bits per heavy atom. The fourth-order valence-corrected chi connectivity index (χ4v) is 2.24. The minimum absolute atomic E-state index is 0.224. The molecular weight excluding hydrogens is 217 g/mol. The number of nitrogens with zero attached hydrogens (tertiary/aromatic N) is 2. The molecule has 0 fully saturated rings. The molecule has 3 rings (SSSR count). The monoisotopic (exact) mass is 229 g/mol. The van der Waals surface area contributed by atoms with Gasteiger partial charge in [0.25, 0.3) is 0 Å². The number of hydrogen-bond acceptors (Lipinski definition) is 3. The molecule has 0 atom stereocenters. The number of nitrogens with two attached hydrogens (primary N) is 1. The summed E-state index contributed by atoms with van der Waals surface area (Å²) >= 11 is 0. The van der Waals surface area contributed by atoms with Crippen LogP contribution < -0.4 is 10.6 Å². The van der Waals surface area contributed by atoms with E-state index in [2.05, 4.69) is 4.98 Å². The summed E-state index contributed by atoms with van der Waals surface area (Å²) < 4.78 is 13.3. The standard InChI is InChI=1S/C13H12FN3/c14-10-4-3-9-5-7-17(12(9)8-10)11-2-1-6-16-13(11)15/h1-4,6,8H,5,7H2,(H2,15,16). The molecule has 0 unspecified atom stereocenters. The minimum Gasteiger partial charge on any atom is -0.382 e. The van der Waals surface area contributed by atoms with Crippen molar-refractivity contribution in [2.24, 2.45) is 0 Å². The number of fused-ring (bicyclic) bond motifs is 1. The summed E-state index contributed by atoms with van der Waals surface area (Å²) in [5.41, 5.74) is 8.73. The molecule has 0 saturated heterocycles. The van der Waals surface area contributed by atoms with Gasteiger partial charge in [0.1, 0.15) is 11.6 Å². The highest BCUT2D eigenvalue weighted by molar-refractivity contribution is 5.76. The number of nitrogen functional groups attached to an aromatic ring is 1. The molecular formula is C13H12FN3. The van der Waals surface area contributed by atoms with E-state index in [4.69, 9.17) is 5.73 Å². The molecule has 1 aliphatic heterocycles. The first-order valence-corrected chi connectivity index (χ1v) is 5.52. The van der Waals surface area contributed by atoms with Crippen molar-refractivity contribution in [2.75, 3.05) is 17.2 Å². The molecule has 0 saturated carbocycles. The molecule has 2 aromatic rings. The maximum Gasteiger partial charge on any atom is 0.147 e. The summed E-state index contributed by atoms with van der Waals surface area (Å²) in [6.45, 7) is 0.814. The first-order valence-electron chi connectivity index (χ1n) is 5.52. The summed E-state index contributed by atoms with van der Waals surface area (Å²) in [7, 11) is 0. The average Bonchev–Trinajstić information content (AvgIpc) is 2.72. The Balaban J connectivity index is 2.10. The molecule has 0 aliphatic carbocycles. The van der Waals surface area contributed by atoms with Gasteiger partial charge < -0.3 is 10.6 Å². The van der Waals surface area contributed by atoms with Gasteiger partial charge in [-0.05, 0) is 36.2 Å². The quantitative estimate of drug-likeness (QED) is 0.816. The van der Waals surface area contributed by atoms with E-state index in [1.165, 1.54) is 6.07 Å². The van der Waals surface area contributed by atoms with Gasteiger partial charge in [-0.15, -0.1) is 0 Å². The van der Waals surface area contributed by atoms with Crippen LogP contribution in [0.1, 0.15) is 5.56 Å². The fraction of sp³-hybridized carbons (Fsp3) is 0.154. The van der Waals surface area contributed by atoms with Crippen LogP contribution in [0.3, 0.4) is 0 Å². The fourth-order valence-electron chi connectivity index (χ4n) is 2.24. The maximum atomic E-state index is 13.3. The van der Waals surface area contributed by atoms with Crippen molar-refractivity contribution in [2.45, 2.75) is 6.42 Å². The molecule has 3 nitrogen and oxygen atoms in total. The maximum absolute atomic E-state index is 13.3. The van der Waals surface area contributed by atoms with Gasteiger partial charge in [0, 0.05) is 18.4 Å². The Morgan fingerprint density at radius 1 is 1.24 bits per heavy atom. The van der Waals surface area contributed by atoms with Crippen molar-refractivity contribution in [3.63, 3.8) is 0 Å². The summed E-state index contributed by atoms with van der Waals surface area (Å²) in [4.78, 5) is 6.08. The Morgan fingerprint density at radius 2 is 2.12 bits per heavy atom. The lowest BCUT2D eigenvalue weighted by molar-refractivity contribution is 0.628. The van der Waals surface area contributed by atoms with Crippen LogP contribution in [0, 0.1) is 5.82 Å². The second-order valence-corrected chi connectivity index (χ2v) is 4.08. The van der Waals surface area contributed by atoms with Crippen molar-refractivity contribution in [3.05, 3.63) is 47.9 Å². The van der Waals surface area contributed by atoms with E-state index in [1.807, 2.05) is 23.1 Å². The van der Waals surface area contributed by atoms with Crippen LogP contribution >= 0.6 is 0 Å². The number of anilines is 3. The van der Waals surface area contributed by atoms with Crippen LogP contribution in [0.25, 0.3) is 0 Å². The van der Waals surface area contributed by atoms with E-state index >= 15 is 0 Å². The molecule has 1 aromatic heterocycles. The van der Waals surface area contributed by atoms with Crippen molar-refractivity contribution in [1.29, 1.82) is 0 Å². The van der Waals surface area contributed by atoms with Gasteiger partial charge >= 0.3 is 0 Å². The molecule has 0 bridgehead atoms. The third kappa shape index (κ3) is 1.62. The highest BCUT2D eigenvalue weighted by atomic mass is 19.1. The predicted molar refractivity (Wildman–Crippen MR) is 65.8 cm³/mol. The van der Waals surface area contributed by atoms with Crippen LogP contribution in [0.15, 0.2) is 36.5 Å². The minimum atomic E-state index is -0.224. The van der Waals surface area contributed by atoms with E-state index in [-0.39, 0.29) is 5.82 Å². The average molecular weight is 229 g/mol. The number of hydrogen-bond donors (Lipinski definition) is 1. The Labute approximate surface area is 98.7 Å². The van der Waals surface area contributed by atoms with E-state index < -0.39 is 0 Å². The summed E-state index contributed by atoms with van der Waals surface area (Å²) in [6.07, 6.45) is 2.56. The lowest BCUT2D eigenvalue weighted by Gasteiger charge is -2.20. The Kier molecular flexibility index (Phi) is 2.21. The van der Waals surface area contributed by atoms with E-state index in [0.29, 0.717) is 5.82 Å². The van der Waals surface area contributed by atoms with Crippen molar-refractivity contribution < 1.29 is 4.39 Å². The van der Waals surface area contributed by atoms with E-state index in [1.54, 1.807) is 12.3 Å². The van der Waals surface area contributed by atoms with Crippen LogP contribution in [0.2, 0.25) is 0 Å². The lowest BCUT2D eigenvalue weighted by atomic mass is 10.1. The molecule has 0 spiro atoms. The van der Waals surface area contributed by atoms with E-state index in [9.17, 15) is 4.39 Å². The zero-order valence-electron chi connectivity index (χ0n) is 9.23. The number of pyridine rings is 1. The number of rotatable bonds is 1. The molecule has 1 aliphatic rings. The van der Waals surface area contributed by atoms with Gasteiger partial charge in [-0.2, -0.15) is 0 Å². The third-order valence-corrected chi connectivity index (χ3v) is 3.05. The first kappa shape index (κ1) is 10.1. The third-order valence-electron chi connectivity index (χ3n) is 3.05. The van der Waals surface area contributed by atoms with Gasteiger partial charge in [0.2, 0.25) is 0 Å². The zero-order chi connectivity index (χ0) is 11.8. The topological polar surface area (TPSA) is 42.1 Å². The smallest absolute Gasteiger partial charge is 0.147 e. The van der Waals surface area contributed by atoms with Crippen LogP contribution in [-0.2, 0) is 6.42 Å². The largest absolute Gasteiger partial charge is 0.382 e. The van der Waals surface area contributed by atoms with Gasteiger partial charge in [0.15, 0.2) is 0 Å². The van der Waals surface area contributed by atoms with Gasteiger partial charge in [0.05, 0.1) is 5.69 Å². The molecule has 4 heteroatoms. The Bertz CT molecular complexity index is 568. The SMILES string of the molecule is Nc1ncccc1N1CCc2ccc(F)cc21. The highest BCUT2D eigenvalue weighted by Gasteiger charge is 2.22. The number of aromatic nitrogens is 1. The lowest BCUT2D eigenvalue weighted by Crippen LogP contribution is -2.15. The molecule has 17 heavy (non-hydrogen) atoms. The highest BCUT2D eigenvalue weighted by Crippen LogP contribution is 2.36. The molecule has 0 amide bonds. The van der Waals surface area contributed by atoms with E-state index in [0.717, 1.165) is 29.9 Å². The number of halogens is 1. The first-order chi connectivity index (χ1) is 8.25. The Hall–Kier alpha value is -2.10. The normalized spacial score (nSPS) is 13.8. The second kappa shape index (κ2) is 3.73. The molecule has 2 N–H and O–H groups in total. The van der Waals surface area contributed by atoms with Crippen LogP contribution in [0.4, 0.5) is 21.6 Å². The molecule has 2 heterocycles. The zero-order valence-corrected chi connectivity index (χ0v) is 9.23. The van der Waals surface area contributed by atoms with Crippen LogP contribution in [-0.4, -0.2) is 11.5 Å². The second-order valence-electron chi connectivity index (χ2n) is 4.08. The summed E-state index contributed by atoms with van der Waals surface area (Å²) in [5, 5.41) is 0.